The zero-order valence-corrected chi connectivity index (χ0v) is 12.9. The van der Waals surface area contributed by atoms with Gasteiger partial charge in [0, 0.05) is 17.5 Å². The largest absolute Gasteiger partial charge is 0.305 e. The van der Waals surface area contributed by atoms with Gasteiger partial charge in [0.2, 0.25) is 0 Å². The summed E-state index contributed by atoms with van der Waals surface area (Å²) in [7, 11) is -3.09. The van der Waals surface area contributed by atoms with E-state index in [4.69, 9.17) is 0 Å². The minimum absolute atomic E-state index is 0.122. The van der Waals surface area contributed by atoms with Crippen molar-refractivity contribution in [3.8, 4) is 0 Å². The van der Waals surface area contributed by atoms with Gasteiger partial charge in [-0.25, -0.2) is 8.42 Å². The van der Waals surface area contributed by atoms with Crippen molar-refractivity contribution in [2.24, 2.45) is 0 Å². The van der Waals surface area contributed by atoms with Crippen LogP contribution in [0.2, 0.25) is 0 Å². The molecule has 3 rings (SSSR count). The molecule has 3 nitrogen and oxygen atoms in total. The smallest absolute Gasteiger partial charge is 0.178 e. The molecule has 0 fully saturated rings. The molecular formula is C15H17NO2S2. The third kappa shape index (κ3) is 2.53. The molecule has 1 atom stereocenters. The van der Waals surface area contributed by atoms with E-state index in [1.54, 1.807) is 23.5 Å². The van der Waals surface area contributed by atoms with Gasteiger partial charge in [-0.2, -0.15) is 0 Å². The lowest BCUT2D eigenvalue weighted by molar-refractivity contribution is 0.493. The van der Waals surface area contributed by atoms with Crippen LogP contribution in [0.15, 0.2) is 40.6 Å². The zero-order valence-electron chi connectivity index (χ0n) is 11.3. The molecule has 1 N–H and O–H groups in total. The van der Waals surface area contributed by atoms with Crippen LogP contribution in [-0.4, -0.2) is 14.2 Å². The molecule has 5 heteroatoms. The summed E-state index contributed by atoms with van der Waals surface area (Å²) in [6.07, 6.45) is 0.643. The molecule has 20 heavy (non-hydrogen) atoms. The average Bonchev–Trinajstić information content (AvgIpc) is 2.84. The van der Waals surface area contributed by atoms with Crippen molar-refractivity contribution in [3.05, 3.63) is 51.7 Å². The summed E-state index contributed by atoms with van der Waals surface area (Å²) >= 11 is 1.74. The van der Waals surface area contributed by atoms with E-state index in [-0.39, 0.29) is 11.8 Å². The van der Waals surface area contributed by atoms with Crippen LogP contribution in [-0.2, 0) is 16.4 Å². The molecule has 0 saturated carbocycles. The summed E-state index contributed by atoms with van der Waals surface area (Å²) in [5, 5.41) is 5.59. The molecule has 0 amide bonds. The minimum atomic E-state index is -3.09. The molecule has 1 aromatic carbocycles. The molecule has 0 spiro atoms. The van der Waals surface area contributed by atoms with Crippen molar-refractivity contribution in [2.45, 2.75) is 30.8 Å². The first-order valence-electron chi connectivity index (χ1n) is 6.66. The Morgan fingerprint density at radius 1 is 1.30 bits per heavy atom. The topological polar surface area (TPSA) is 46.2 Å². The van der Waals surface area contributed by atoms with Crippen molar-refractivity contribution in [1.29, 1.82) is 0 Å². The SMILES string of the molecule is Cc1ccsc1CNC1CCS(=O)(=O)c2ccccc21. The van der Waals surface area contributed by atoms with Gasteiger partial charge in [-0.15, -0.1) is 11.3 Å². The van der Waals surface area contributed by atoms with E-state index in [1.807, 2.05) is 12.1 Å². The number of nitrogens with one attached hydrogen (secondary N) is 1. The first kappa shape index (κ1) is 13.8. The number of fused-ring (bicyclic) bond motifs is 1. The van der Waals surface area contributed by atoms with Crippen LogP contribution in [0.1, 0.15) is 28.5 Å². The Morgan fingerprint density at radius 2 is 2.10 bits per heavy atom. The summed E-state index contributed by atoms with van der Waals surface area (Å²) < 4.78 is 24.2. The van der Waals surface area contributed by atoms with Crippen molar-refractivity contribution in [2.75, 3.05) is 5.75 Å². The van der Waals surface area contributed by atoms with E-state index in [0.717, 1.165) is 12.1 Å². The predicted molar refractivity (Wildman–Crippen MR) is 81.7 cm³/mol. The fourth-order valence-electron chi connectivity index (χ4n) is 2.60. The molecule has 0 bridgehead atoms. The lowest BCUT2D eigenvalue weighted by Gasteiger charge is -2.26. The Morgan fingerprint density at radius 3 is 2.85 bits per heavy atom. The Hall–Kier alpha value is -1.17. The number of sulfone groups is 1. The van der Waals surface area contributed by atoms with Crippen molar-refractivity contribution in [1.82, 2.24) is 5.32 Å². The highest BCUT2D eigenvalue weighted by atomic mass is 32.2. The molecule has 1 aliphatic rings. The normalized spacial score (nSPS) is 20.6. The molecule has 0 saturated heterocycles. The quantitative estimate of drug-likeness (QED) is 0.948. The third-order valence-electron chi connectivity index (χ3n) is 3.78. The maximum Gasteiger partial charge on any atom is 0.178 e. The zero-order chi connectivity index (χ0) is 14.2. The molecule has 0 radical (unpaired) electrons. The standard InChI is InChI=1S/C15H17NO2S2/c1-11-6-8-19-14(11)10-16-13-7-9-20(17,18)15-5-3-2-4-12(13)15/h2-6,8,13,16H,7,9-10H2,1H3. The molecule has 1 aromatic heterocycles. The second-order valence-corrected chi connectivity index (χ2v) is 8.18. The highest BCUT2D eigenvalue weighted by Gasteiger charge is 2.29. The summed E-state index contributed by atoms with van der Waals surface area (Å²) in [5.41, 5.74) is 2.20. The minimum Gasteiger partial charge on any atom is -0.305 e. The van der Waals surface area contributed by atoms with Gasteiger partial charge in [0.15, 0.2) is 9.84 Å². The van der Waals surface area contributed by atoms with Gasteiger partial charge in [-0.05, 0) is 42.0 Å². The van der Waals surface area contributed by atoms with Crippen LogP contribution in [0.25, 0.3) is 0 Å². The lowest BCUT2D eigenvalue weighted by atomic mass is 10.0. The molecule has 0 aliphatic carbocycles. The Labute approximate surface area is 123 Å². The summed E-state index contributed by atoms with van der Waals surface area (Å²) in [6.45, 7) is 2.90. The summed E-state index contributed by atoms with van der Waals surface area (Å²) in [4.78, 5) is 1.81. The van der Waals surface area contributed by atoms with Crippen LogP contribution in [0.3, 0.4) is 0 Å². The fourth-order valence-corrected chi connectivity index (χ4v) is 5.08. The van der Waals surface area contributed by atoms with E-state index < -0.39 is 9.84 Å². The molecular weight excluding hydrogens is 290 g/mol. The van der Waals surface area contributed by atoms with Crippen LogP contribution >= 0.6 is 11.3 Å². The van der Waals surface area contributed by atoms with Gasteiger partial charge in [-0.3, -0.25) is 0 Å². The van der Waals surface area contributed by atoms with Crippen molar-refractivity contribution in [3.63, 3.8) is 0 Å². The van der Waals surface area contributed by atoms with Crippen molar-refractivity contribution >= 4 is 21.2 Å². The predicted octanol–water partition coefficient (Wildman–Crippen LogP) is 3.06. The number of aryl methyl sites for hydroxylation is 1. The van der Waals surface area contributed by atoms with Crippen LogP contribution in [0.4, 0.5) is 0 Å². The highest BCUT2D eigenvalue weighted by Crippen LogP contribution is 2.32. The highest BCUT2D eigenvalue weighted by molar-refractivity contribution is 7.91. The molecule has 1 unspecified atom stereocenters. The third-order valence-corrected chi connectivity index (χ3v) is 6.62. The molecule has 2 aromatic rings. The number of thiophene rings is 1. The van der Waals surface area contributed by atoms with Crippen molar-refractivity contribution < 1.29 is 8.42 Å². The molecule has 2 heterocycles. The van der Waals surface area contributed by atoms with E-state index in [1.165, 1.54) is 10.4 Å². The Balaban J connectivity index is 1.84. The first-order valence-corrected chi connectivity index (χ1v) is 9.19. The number of benzene rings is 1. The second kappa shape index (κ2) is 5.31. The monoisotopic (exact) mass is 307 g/mol. The van der Waals surface area contributed by atoms with Gasteiger partial charge in [0.05, 0.1) is 10.6 Å². The van der Waals surface area contributed by atoms with Gasteiger partial charge in [0.1, 0.15) is 0 Å². The number of hydrogen-bond donors (Lipinski definition) is 1. The Kier molecular flexibility index (Phi) is 3.67. The van der Waals surface area contributed by atoms with Gasteiger partial charge >= 0.3 is 0 Å². The van der Waals surface area contributed by atoms with Gasteiger partial charge in [-0.1, -0.05) is 18.2 Å². The van der Waals surface area contributed by atoms with Gasteiger partial charge < -0.3 is 5.32 Å². The van der Waals surface area contributed by atoms with Crippen LogP contribution in [0, 0.1) is 6.92 Å². The van der Waals surface area contributed by atoms with Crippen LogP contribution in [0.5, 0.6) is 0 Å². The maximum atomic E-state index is 12.1. The number of hydrogen-bond acceptors (Lipinski definition) is 4. The maximum absolute atomic E-state index is 12.1. The number of rotatable bonds is 3. The van der Waals surface area contributed by atoms with E-state index >= 15 is 0 Å². The first-order chi connectivity index (χ1) is 9.58. The van der Waals surface area contributed by atoms with E-state index in [0.29, 0.717) is 11.3 Å². The fraction of sp³-hybridized carbons (Fsp3) is 0.333. The van der Waals surface area contributed by atoms with E-state index in [2.05, 4.69) is 23.7 Å². The molecule has 1 aliphatic heterocycles. The van der Waals surface area contributed by atoms with Gasteiger partial charge in [0.25, 0.3) is 0 Å². The van der Waals surface area contributed by atoms with E-state index in [9.17, 15) is 8.42 Å². The average molecular weight is 307 g/mol. The summed E-state index contributed by atoms with van der Waals surface area (Å²) in [6, 6.07) is 9.57. The van der Waals surface area contributed by atoms with Crippen LogP contribution < -0.4 is 5.32 Å². The Bertz CT molecular complexity index is 719. The lowest BCUT2D eigenvalue weighted by Crippen LogP contribution is -2.29. The second-order valence-electron chi connectivity index (χ2n) is 5.11. The molecule has 106 valence electrons. The summed E-state index contributed by atoms with van der Waals surface area (Å²) in [5.74, 6) is 0.227.